The molecule has 0 fully saturated rings. The van der Waals surface area contributed by atoms with Gasteiger partial charge in [0.05, 0.1) is 28.3 Å². The molecule has 4 rings (SSSR count). The zero-order valence-electron chi connectivity index (χ0n) is 22.1. The number of imidazole rings is 1. The molecule has 0 aliphatic carbocycles. The summed E-state index contributed by atoms with van der Waals surface area (Å²) in [5.74, 6) is 0.126. The number of aromatic nitrogens is 2. The van der Waals surface area contributed by atoms with Crippen molar-refractivity contribution in [3.8, 4) is 5.75 Å². The number of ether oxygens (including phenoxy) is 3. The molecule has 9 nitrogen and oxygen atoms in total. The lowest BCUT2D eigenvalue weighted by molar-refractivity contribution is 0.101. The maximum Gasteiger partial charge on any atom is 0.258 e. The molecule has 0 aliphatic rings. The summed E-state index contributed by atoms with van der Waals surface area (Å²) in [5.41, 5.74) is 3.11. The number of H-pyrrole nitrogens is 1. The van der Waals surface area contributed by atoms with Crippen LogP contribution in [0.2, 0.25) is 10.0 Å². The van der Waals surface area contributed by atoms with Crippen LogP contribution in [0.5, 0.6) is 5.75 Å². The third-order valence-electron chi connectivity index (χ3n) is 5.82. The predicted molar refractivity (Wildman–Crippen MR) is 160 cm³/mol. The van der Waals surface area contributed by atoms with Gasteiger partial charge in [0, 0.05) is 30.1 Å². The number of nitrogens with one attached hydrogen (secondary N) is 3. The Hall–Kier alpha value is -3.34. The summed E-state index contributed by atoms with van der Waals surface area (Å²) in [4.78, 5) is 34.3. The Morgan fingerprint density at radius 1 is 0.975 bits per heavy atom. The highest BCUT2D eigenvalue weighted by molar-refractivity contribution is 6.34. The fourth-order valence-electron chi connectivity index (χ4n) is 3.88. The Labute approximate surface area is 247 Å². The van der Waals surface area contributed by atoms with Gasteiger partial charge in [0.2, 0.25) is 0 Å². The number of amides is 2. The highest BCUT2D eigenvalue weighted by Gasteiger charge is 2.19. The number of benzene rings is 3. The van der Waals surface area contributed by atoms with E-state index in [2.05, 4.69) is 20.6 Å². The van der Waals surface area contributed by atoms with Gasteiger partial charge in [0.25, 0.3) is 11.8 Å². The van der Waals surface area contributed by atoms with Crippen molar-refractivity contribution in [2.45, 2.75) is 20.5 Å². The van der Waals surface area contributed by atoms with Crippen molar-refractivity contribution in [1.82, 2.24) is 9.97 Å². The van der Waals surface area contributed by atoms with E-state index >= 15 is 0 Å². The molecular weight excluding hydrogens is 579 g/mol. The smallest absolute Gasteiger partial charge is 0.258 e. The van der Waals surface area contributed by atoms with Crippen molar-refractivity contribution in [3.05, 3.63) is 81.1 Å². The van der Waals surface area contributed by atoms with E-state index in [0.29, 0.717) is 58.8 Å². The zero-order valence-corrected chi connectivity index (χ0v) is 24.4. The fourth-order valence-corrected chi connectivity index (χ4v) is 4.26. The molecule has 1 heterocycles. The summed E-state index contributed by atoms with van der Waals surface area (Å²) < 4.78 is 16.1. The van der Waals surface area contributed by atoms with Gasteiger partial charge in [-0.3, -0.25) is 9.59 Å². The van der Waals surface area contributed by atoms with E-state index in [4.69, 9.17) is 37.4 Å². The Kier molecular flexibility index (Phi) is 11.2. The second-order valence-electron chi connectivity index (χ2n) is 8.54. The summed E-state index contributed by atoms with van der Waals surface area (Å²) in [6.07, 6.45) is 0. The SMILES string of the molecule is CCOCCOc1ccc(Cl)c(C(=O)Nc2cc(C(=O)Nc3cccc(Cl)c3C)c3nc(COC)[nH]c3c2)c1.Cl. The van der Waals surface area contributed by atoms with Gasteiger partial charge >= 0.3 is 0 Å². The minimum atomic E-state index is -0.469. The molecule has 2 amide bonds. The molecule has 0 bridgehead atoms. The third-order valence-corrected chi connectivity index (χ3v) is 6.56. The van der Waals surface area contributed by atoms with Crippen LogP contribution in [-0.2, 0) is 16.1 Å². The zero-order chi connectivity index (χ0) is 27.9. The van der Waals surface area contributed by atoms with Gasteiger partial charge in [0.15, 0.2) is 0 Å². The number of anilines is 2. The summed E-state index contributed by atoms with van der Waals surface area (Å²) >= 11 is 12.6. The third kappa shape index (κ3) is 7.44. The second kappa shape index (κ2) is 14.3. The molecule has 0 aliphatic heterocycles. The van der Waals surface area contributed by atoms with Crippen molar-refractivity contribution in [3.63, 3.8) is 0 Å². The van der Waals surface area contributed by atoms with Crippen LogP contribution in [0.1, 0.15) is 39.0 Å². The van der Waals surface area contributed by atoms with Gasteiger partial charge in [-0.2, -0.15) is 0 Å². The number of methoxy groups -OCH3 is 1. The minimum absolute atomic E-state index is 0. The topological polar surface area (TPSA) is 115 Å². The van der Waals surface area contributed by atoms with Crippen LogP contribution in [0.4, 0.5) is 11.4 Å². The first-order valence-electron chi connectivity index (χ1n) is 12.2. The highest BCUT2D eigenvalue weighted by atomic mass is 35.5. The maximum atomic E-state index is 13.4. The Morgan fingerprint density at radius 2 is 1.75 bits per heavy atom. The van der Waals surface area contributed by atoms with Crippen LogP contribution in [0.3, 0.4) is 0 Å². The van der Waals surface area contributed by atoms with Gasteiger partial charge in [-0.05, 0) is 61.9 Å². The molecule has 3 aromatic carbocycles. The van der Waals surface area contributed by atoms with Crippen molar-refractivity contribution < 1.29 is 23.8 Å². The second-order valence-corrected chi connectivity index (χ2v) is 9.36. The van der Waals surface area contributed by atoms with Crippen LogP contribution < -0.4 is 15.4 Å². The fraction of sp³-hybridized carbons (Fsp3) is 0.250. The molecule has 3 N–H and O–H groups in total. The average molecular weight is 608 g/mol. The largest absolute Gasteiger partial charge is 0.491 e. The van der Waals surface area contributed by atoms with Crippen molar-refractivity contribution in [2.24, 2.45) is 0 Å². The molecule has 0 saturated carbocycles. The van der Waals surface area contributed by atoms with Gasteiger partial charge < -0.3 is 29.8 Å². The number of rotatable bonds is 11. The van der Waals surface area contributed by atoms with E-state index in [9.17, 15) is 9.59 Å². The maximum absolute atomic E-state index is 13.4. The summed E-state index contributed by atoms with van der Waals surface area (Å²) in [7, 11) is 1.55. The van der Waals surface area contributed by atoms with Gasteiger partial charge in [-0.1, -0.05) is 29.3 Å². The standard InChI is InChI=1S/C28H28Cl2N4O5.ClH/c1-4-38-10-11-39-18-8-9-22(30)19(14-18)27(35)31-17-12-20(26-24(13-17)32-25(34-26)15-37-3)28(36)33-23-7-5-6-21(29)16(23)2;/h5-9,12-14H,4,10-11,15H2,1-3H3,(H,31,35)(H,32,34)(H,33,36);1H. The van der Waals surface area contributed by atoms with Crippen LogP contribution in [0.25, 0.3) is 11.0 Å². The lowest BCUT2D eigenvalue weighted by atomic mass is 10.1. The Morgan fingerprint density at radius 3 is 2.50 bits per heavy atom. The quantitative estimate of drug-likeness (QED) is 0.164. The molecule has 0 saturated heterocycles. The lowest BCUT2D eigenvalue weighted by Gasteiger charge is -2.13. The first kappa shape index (κ1) is 31.2. The predicted octanol–water partition coefficient (Wildman–Crippen LogP) is 6.67. The van der Waals surface area contributed by atoms with Crippen LogP contribution in [-0.4, -0.2) is 48.7 Å². The molecule has 12 heteroatoms. The molecule has 0 atom stereocenters. The van der Waals surface area contributed by atoms with Crippen molar-refractivity contribution >= 4 is 69.8 Å². The number of aromatic amines is 1. The van der Waals surface area contributed by atoms with Crippen LogP contribution >= 0.6 is 35.6 Å². The molecular formula is C28H29Cl3N4O5. The Balaban J connectivity index is 0.00000441. The number of hydrogen-bond acceptors (Lipinski definition) is 6. The number of hydrogen-bond donors (Lipinski definition) is 3. The molecule has 1 aromatic heterocycles. The molecule has 0 radical (unpaired) electrons. The molecule has 0 unspecified atom stereocenters. The molecule has 40 heavy (non-hydrogen) atoms. The van der Waals surface area contributed by atoms with E-state index in [1.807, 2.05) is 13.8 Å². The van der Waals surface area contributed by atoms with Gasteiger partial charge in [-0.15, -0.1) is 12.4 Å². The lowest BCUT2D eigenvalue weighted by Crippen LogP contribution is -2.16. The highest BCUT2D eigenvalue weighted by Crippen LogP contribution is 2.28. The van der Waals surface area contributed by atoms with Crippen molar-refractivity contribution in [2.75, 3.05) is 37.6 Å². The van der Waals surface area contributed by atoms with E-state index in [1.54, 1.807) is 55.6 Å². The normalized spacial score (nSPS) is 10.7. The summed E-state index contributed by atoms with van der Waals surface area (Å²) in [6, 6.07) is 13.3. The average Bonchev–Trinajstić information content (AvgIpc) is 3.32. The number of halogens is 3. The summed E-state index contributed by atoms with van der Waals surface area (Å²) in [5, 5.41) is 6.50. The monoisotopic (exact) mass is 606 g/mol. The van der Waals surface area contributed by atoms with E-state index in [0.717, 1.165) is 5.56 Å². The summed E-state index contributed by atoms with van der Waals surface area (Å²) in [6.45, 7) is 5.28. The first-order chi connectivity index (χ1) is 18.8. The molecule has 0 spiro atoms. The number of carbonyl (C=O) groups is 2. The number of carbonyl (C=O) groups excluding carboxylic acids is 2. The Bertz CT molecular complexity index is 1510. The number of nitrogens with zero attached hydrogens (tertiary/aromatic N) is 1. The molecule has 4 aromatic rings. The first-order valence-corrected chi connectivity index (χ1v) is 13.0. The molecule has 212 valence electrons. The van der Waals surface area contributed by atoms with Crippen LogP contribution in [0, 0.1) is 6.92 Å². The van der Waals surface area contributed by atoms with E-state index in [1.165, 1.54) is 0 Å². The van der Waals surface area contributed by atoms with Crippen molar-refractivity contribution in [1.29, 1.82) is 0 Å². The van der Waals surface area contributed by atoms with E-state index < -0.39 is 11.8 Å². The van der Waals surface area contributed by atoms with Gasteiger partial charge in [0.1, 0.15) is 30.3 Å². The van der Waals surface area contributed by atoms with E-state index in [-0.39, 0.29) is 35.2 Å². The van der Waals surface area contributed by atoms with Gasteiger partial charge in [-0.25, -0.2) is 4.98 Å². The minimum Gasteiger partial charge on any atom is -0.491 e. The van der Waals surface area contributed by atoms with Crippen LogP contribution in [0.15, 0.2) is 48.5 Å². The number of fused-ring (bicyclic) bond motifs is 1.